The van der Waals surface area contributed by atoms with Crippen LogP contribution in [0.25, 0.3) is 22.3 Å². The average Bonchev–Trinajstić information content (AvgIpc) is 3.47. The molecular weight excluding hydrogens is 450 g/mol. The number of methoxy groups -OCH3 is 2. The summed E-state index contributed by atoms with van der Waals surface area (Å²) in [5.74, 6) is 2.43. The van der Waals surface area contributed by atoms with Gasteiger partial charge in [-0.25, -0.2) is 0 Å². The molecule has 1 amide bonds. The van der Waals surface area contributed by atoms with E-state index in [1.54, 1.807) is 14.2 Å². The molecule has 0 radical (unpaired) electrons. The Morgan fingerprint density at radius 3 is 2.79 bits per heavy atom. The Hall–Kier alpha value is -3.46. The van der Waals surface area contributed by atoms with Crippen molar-refractivity contribution in [3.8, 4) is 22.9 Å². The van der Waals surface area contributed by atoms with Crippen LogP contribution in [-0.2, 0) is 4.79 Å². The number of fused-ring (bicyclic) bond motifs is 1. The summed E-state index contributed by atoms with van der Waals surface area (Å²) in [5, 5.41) is 13.9. The van der Waals surface area contributed by atoms with Gasteiger partial charge in [-0.2, -0.15) is 0 Å². The average molecular weight is 478 g/mol. The lowest BCUT2D eigenvalue weighted by molar-refractivity contribution is -0.119. The zero-order valence-corrected chi connectivity index (χ0v) is 20.2. The Kier molecular flexibility index (Phi) is 6.19. The second-order valence-corrected chi connectivity index (χ2v) is 9.28. The Labute approximate surface area is 202 Å². The number of H-pyrrole nitrogens is 1. The number of aromatic nitrogens is 4. The van der Waals surface area contributed by atoms with Crippen LogP contribution in [0.3, 0.4) is 0 Å². The minimum absolute atomic E-state index is 0.0821. The predicted molar refractivity (Wildman–Crippen MR) is 132 cm³/mol. The van der Waals surface area contributed by atoms with Gasteiger partial charge in [-0.05, 0) is 44.0 Å². The fourth-order valence-electron chi connectivity index (χ4n) is 4.15. The molecule has 176 valence electrons. The standard InChI is InChI=1S/C25H27N5O3S/c1-15(19-12-17(32-2)10-11-22(19)33-3)27-23(31)14-34-25-29-28-24(30(25)16-8-9-16)20-13-26-21-7-5-4-6-18(20)21/h4-7,10-13,15-16,26H,8-9,14H2,1-3H3,(H,27,31). The van der Waals surface area contributed by atoms with Crippen LogP contribution in [0.5, 0.6) is 11.5 Å². The van der Waals surface area contributed by atoms with E-state index in [1.807, 2.05) is 43.5 Å². The summed E-state index contributed by atoms with van der Waals surface area (Å²) >= 11 is 1.41. The SMILES string of the molecule is COc1ccc(OC)c(C(C)NC(=O)CSc2nnc(-c3c[nH]c4ccccc34)n2C2CC2)c1. The molecule has 1 aliphatic rings. The molecule has 0 bridgehead atoms. The number of hydrogen-bond acceptors (Lipinski definition) is 6. The normalized spacial score (nSPS) is 14.2. The number of amides is 1. The first-order chi connectivity index (χ1) is 16.6. The van der Waals surface area contributed by atoms with Crippen molar-refractivity contribution in [1.29, 1.82) is 0 Å². The highest BCUT2D eigenvalue weighted by molar-refractivity contribution is 7.99. The van der Waals surface area contributed by atoms with Gasteiger partial charge >= 0.3 is 0 Å². The summed E-state index contributed by atoms with van der Waals surface area (Å²) in [7, 11) is 3.23. The van der Waals surface area contributed by atoms with Crippen LogP contribution in [0.2, 0.25) is 0 Å². The number of benzene rings is 2. The Balaban J connectivity index is 1.31. The van der Waals surface area contributed by atoms with Crippen LogP contribution in [0.1, 0.15) is 37.4 Å². The van der Waals surface area contributed by atoms with Crippen molar-refractivity contribution in [2.75, 3.05) is 20.0 Å². The highest BCUT2D eigenvalue weighted by atomic mass is 32.2. The van der Waals surface area contributed by atoms with E-state index in [0.717, 1.165) is 45.9 Å². The Morgan fingerprint density at radius 2 is 2.03 bits per heavy atom. The third-order valence-corrected chi connectivity index (χ3v) is 6.96. The second-order valence-electron chi connectivity index (χ2n) is 8.34. The number of nitrogens with one attached hydrogen (secondary N) is 2. The van der Waals surface area contributed by atoms with Crippen LogP contribution in [-0.4, -0.2) is 45.6 Å². The first-order valence-corrected chi connectivity index (χ1v) is 12.2. The maximum atomic E-state index is 12.8. The third kappa shape index (κ3) is 4.35. The van der Waals surface area contributed by atoms with Gasteiger partial charge in [0.2, 0.25) is 5.91 Å². The molecule has 2 aromatic carbocycles. The van der Waals surface area contributed by atoms with Crippen LogP contribution in [0.15, 0.2) is 53.8 Å². The molecule has 1 atom stereocenters. The first-order valence-electron chi connectivity index (χ1n) is 11.2. The number of hydrogen-bond donors (Lipinski definition) is 2. The lowest BCUT2D eigenvalue weighted by atomic mass is 10.1. The maximum Gasteiger partial charge on any atom is 0.230 e. The molecule has 0 saturated heterocycles. The third-order valence-electron chi connectivity index (χ3n) is 6.02. The van der Waals surface area contributed by atoms with E-state index >= 15 is 0 Å². The first kappa shape index (κ1) is 22.3. The van der Waals surface area contributed by atoms with Crippen molar-refractivity contribution in [2.24, 2.45) is 0 Å². The fourth-order valence-corrected chi connectivity index (χ4v) is 4.96. The molecule has 2 N–H and O–H groups in total. The van der Waals surface area contributed by atoms with Gasteiger partial charge in [0.25, 0.3) is 0 Å². The predicted octanol–water partition coefficient (Wildman–Crippen LogP) is 4.75. The number of para-hydroxylation sites is 1. The van der Waals surface area contributed by atoms with Crippen LogP contribution in [0, 0.1) is 0 Å². The molecule has 1 saturated carbocycles. The summed E-state index contributed by atoms with van der Waals surface area (Å²) in [6.45, 7) is 1.93. The van der Waals surface area contributed by atoms with E-state index in [2.05, 4.69) is 37.2 Å². The summed E-state index contributed by atoms with van der Waals surface area (Å²) in [5.41, 5.74) is 2.96. The molecule has 1 aliphatic carbocycles. The van der Waals surface area contributed by atoms with Crippen molar-refractivity contribution in [3.63, 3.8) is 0 Å². The molecular formula is C25H27N5O3S. The van der Waals surface area contributed by atoms with Gasteiger partial charge in [0.1, 0.15) is 11.5 Å². The number of rotatable bonds is 9. The number of thioether (sulfide) groups is 1. The molecule has 34 heavy (non-hydrogen) atoms. The Morgan fingerprint density at radius 1 is 1.21 bits per heavy atom. The number of aromatic amines is 1. The quantitative estimate of drug-likeness (QED) is 0.338. The highest BCUT2D eigenvalue weighted by Crippen LogP contribution is 2.42. The minimum Gasteiger partial charge on any atom is -0.497 e. The molecule has 1 unspecified atom stereocenters. The number of carbonyl (C=O) groups excluding carboxylic acids is 1. The van der Waals surface area contributed by atoms with Crippen molar-refractivity contribution in [2.45, 2.75) is 37.0 Å². The molecule has 2 heterocycles. The number of carbonyl (C=O) groups is 1. The molecule has 4 aromatic rings. The summed E-state index contributed by atoms with van der Waals surface area (Å²) in [4.78, 5) is 16.1. The molecule has 0 aliphatic heterocycles. The van der Waals surface area contributed by atoms with Gasteiger partial charge in [-0.1, -0.05) is 30.0 Å². The number of ether oxygens (including phenoxy) is 2. The summed E-state index contributed by atoms with van der Waals surface area (Å²) in [6.07, 6.45) is 4.18. The molecule has 8 nitrogen and oxygen atoms in total. The van der Waals surface area contributed by atoms with Crippen molar-refractivity contribution in [3.05, 3.63) is 54.2 Å². The van der Waals surface area contributed by atoms with Gasteiger partial charge in [0, 0.05) is 34.3 Å². The largest absolute Gasteiger partial charge is 0.497 e. The van der Waals surface area contributed by atoms with Crippen LogP contribution in [0.4, 0.5) is 0 Å². The van der Waals surface area contributed by atoms with Gasteiger partial charge in [-0.15, -0.1) is 10.2 Å². The smallest absolute Gasteiger partial charge is 0.230 e. The number of nitrogens with zero attached hydrogens (tertiary/aromatic N) is 3. The van der Waals surface area contributed by atoms with Crippen LogP contribution >= 0.6 is 11.8 Å². The van der Waals surface area contributed by atoms with E-state index in [4.69, 9.17) is 9.47 Å². The summed E-state index contributed by atoms with van der Waals surface area (Å²) < 4.78 is 13.0. The molecule has 2 aromatic heterocycles. The topological polar surface area (TPSA) is 94.1 Å². The van der Waals surface area contributed by atoms with E-state index in [1.165, 1.54) is 11.8 Å². The van der Waals surface area contributed by atoms with Crippen molar-refractivity contribution < 1.29 is 14.3 Å². The molecule has 9 heteroatoms. The van der Waals surface area contributed by atoms with Crippen molar-refractivity contribution in [1.82, 2.24) is 25.1 Å². The van der Waals surface area contributed by atoms with Gasteiger partial charge in [-0.3, -0.25) is 9.36 Å². The lowest BCUT2D eigenvalue weighted by Gasteiger charge is -2.18. The molecule has 0 spiro atoms. The Bertz CT molecular complexity index is 1330. The maximum absolute atomic E-state index is 12.8. The lowest BCUT2D eigenvalue weighted by Crippen LogP contribution is -2.28. The van der Waals surface area contributed by atoms with Gasteiger partial charge < -0.3 is 19.8 Å². The zero-order valence-electron chi connectivity index (χ0n) is 19.4. The van der Waals surface area contributed by atoms with E-state index in [-0.39, 0.29) is 17.7 Å². The summed E-state index contributed by atoms with van der Waals surface area (Å²) in [6, 6.07) is 13.9. The highest BCUT2D eigenvalue weighted by Gasteiger charge is 2.31. The monoisotopic (exact) mass is 477 g/mol. The zero-order chi connectivity index (χ0) is 23.7. The minimum atomic E-state index is -0.235. The van der Waals surface area contributed by atoms with Crippen molar-refractivity contribution >= 4 is 28.6 Å². The van der Waals surface area contributed by atoms with E-state index in [9.17, 15) is 4.79 Å². The van der Waals surface area contributed by atoms with Gasteiger partial charge in [0.05, 0.1) is 26.0 Å². The van der Waals surface area contributed by atoms with E-state index < -0.39 is 0 Å². The van der Waals surface area contributed by atoms with Crippen LogP contribution < -0.4 is 14.8 Å². The molecule has 5 rings (SSSR count). The second kappa shape index (κ2) is 9.42. The van der Waals surface area contributed by atoms with Gasteiger partial charge in [0.15, 0.2) is 11.0 Å². The molecule has 1 fully saturated rings. The fraction of sp³-hybridized carbons (Fsp3) is 0.320. The van der Waals surface area contributed by atoms with E-state index in [0.29, 0.717) is 17.5 Å².